The van der Waals surface area contributed by atoms with Gasteiger partial charge in [0.25, 0.3) is 0 Å². The van der Waals surface area contributed by atoms with Crippen LogP contribution in [0.15, 0.2) is 212 Å². The Balaban J connectivity index is 1.11. The second-order valence-electron chi connectivity index (χ2n) is 14.4. The van der Waals surface area contributed by atoms with Gasteiger partial charge >= 0.3 is 0 Å². The third-order valence-corrected chi connectivity index (χ3v) is 11.3. The fourth-order valence-electron chi connectivity index (χ4n) is 8.65. The van der Waals surface area contributed by atoms with Gasteiger partial charge in [-0.3, -0.25) is 0 Å². The quantitative estimate of drug-likeness (QED) is 0.165. The lowest BCUT2D eigenvalue weighted by Crippen LogP contribution is -2.10. The molecule has 1 aliphatic rings. The molecule has 0 atom stereocenters. The highest BCUT2D eigenvalue weighted by Crippen LogP contribution is 2.51. The molecule has 0 saturated carbocycles. The average Bonchev–Trinajstić information content (AvgIpc) is 3.42. The lowest BCUT2D eigenvalue weighted by atomic mass is 9.89. The number of hydrogen-bond acceptors (Lipinski definition) is 2. The minimum Gasteiger partial charge on any atom is -0.456 e. The molecule has 0 aromatic heterocycles. The summed E-state index contributed by atoms with van der Waals surface area (Å²) in [5.74, 6) is 1.73. The zero-order chi connectivity index (χ0) is 37.0. The first kappa shape index (κ1) is 32.0. The van der Waals surface area contributed by atoms with E-state index >= 15 is 0 Å². The van der Waals surface area contributed by atoms with E-state index in [9.17, 15) is 0 Å². The second-order valence-corrected chi connectivity index (χ2v) is 14.4. The van der Waals surface area contributed by atoms with Crippen molar-refractivity contribution in [3.05, 3.63) is 212 Å². The van der Waals surface area contributed by atoms with Gasteiger partial charge < -0.3 is 9.64 Å². The number of fused-ring (bicyclic) bond motifs is 10. The van der Waals surface area contributed by atoms with Crippen molar-refractivity contribution in [1.82, 2.24) is 0 Å². The highest BCUT2D eigenvalue weighted by Gasteiger charge is 2.24. The van der Waals surface area contributed by atoms with E-state index in [2.05, 4.69) is 205 Å². The van der Waals surface area contributed by atoms with Crippen molar-refractivity contribution in [2.24, 2.45) is 0 Å². The van der Waals surface area contributed by atoms with E-state index in [1.807, 2.05) is 12.1 Å². The van der Waals surface area contributed by atoms with Crippen molar-refractivity contribution >= 4 is 49.4 Å². The Morgan fingerprint density at radius 2 is 0.875 bits per heavy atom. The molecule has 0 spiro atoms. The Hall–Kier alpha value is -7.42. The van der Waals surface area contributed by atoms with Gasteiger partial charge in [0.05, 0.1) is 5.69 Å². The first-order valence-electron chi connectivity index (χ1n) is 19.2. The third kappa shape index (κ3) is 5.26. The molecule has 0 bridgehead atoms. The number of para-hydroxylation sites is 2. The van der Waals surface area contributed by atoms with Crippen molar-refractivity contribution in [2.75, 3.05) is 4.90 Å². The number of benzene rings is 10. The van der Waals surface area contributed by atoms with E-state index in [0.717, 1.165) is 45.1 Å². The smallest absolute Gasteiger partial charge is 0.135 e. The maximum Gasteiger partial charge on any atom is 0.135 e. The highest BCUT2D eigenvalue weighted by atomic mass is 16.5. The van der Waals surface area contributed by atoms with E-state index in [-0.39, 0.29) is 0 Å². The lowest BCUT2D eigenvalue weighted by molar-refractivity contribution is 0.488. The van der Waals surface area contributed by atoms with Crippen LogP contribution in [0.25, 0.3) is 76.8 Å². The zero-order valence-electron chi connectivity index (χ0n) is 30.6. The molecule has 0 radical (unpaired) electrons. The average molecular weight is 714 g/mol. The number of ether oxygens (including phenoxy) is 1. The van der Waals surface area contributed by atoms with Crippen molar-refractivity contribution in [3.8, 4) is 56.0 Å². The monoisotopic (exact) mass is 713 g/mol. The van der Waals surface area contributed by atoms with Crippen LogP contribution in [0.3, 0.4) is 0 Å². The predicted molar refractivity (Wildman–Crippen MR) is 235 cm³/mol. The topological polar surface area (TPSA) is 12.5 Å². The Morgan fingerprint density at radius 1 is 0.304 bits per heavy atom. The lowest BCUT2D eigenvalue weighted by Gasteiger charge is -2.28. The molecule has 1 aliphatic heterocycles. The van der Waals surface area contributed by atoms with Crippen LogP contribution in [-0.4, -0.2) is 0 Å². The standard InChI is InChI=1S/C54H35NO/c1-2-13-36(14-3-1)37-25-29-40(30-26-37)55(41-31-27-38(28-32-41)50-35-39-15-4-5-16-42(39)43-17-6-7-18-44(43)50)51-22-12-21-47-45(51)33-34-48-46-19-8-10-23-52(46)56-53-24-11-9-20-49(53)54(47)48/h1-35H. The Bertz CT molecular complexity index is 3090. The molecule has 0 unspecified atom stereocenters. The Kier molecular flexibility index (Phi) is 7.53. The maximum atomic E-state index is 6.59. The molecule has 10 aromatic rings. The van der Waals surface area contributed by atoms with Crippen LogP contribution < -0.4 is 9.64 Å². The van der Waals surface area contributed by atoms with Gasteiger partial charge in [-0.05, 0) is 103 Å². The van der Waals surface area contributed by atoms with E-state index in [0.29, 0.717) is 0 Å². The Morgan fingerprint density at radius 3 is 1.64 bits per heavy atom. The molecule has 11 rings (SSSR count). The highest BCUT2D eigenvalue weighted by molar-refractivity contribution is 6.14. The SMILES string of the molecule is c1ccc(-c2ccc(N(c3ccc(-c4cc5ccccc5c5ccccc45)cc3)c3cccc4c5c(ccc34)-c3ccccc3Oc3ccccc3-5)cc2)cc1. The number of rotatable bonds is 5. The molecule has 0 aliphatic carbocycles. The summed E-state index contributed by atoms with van der Waals surface area (Å²) in [5.41, 5.74) is 12.6. The molecule has 1 heterocycles. The van der Waals surface area contributed by atoms with Crippen LogP contribution >= 0.6 is 0 Å². The predicted octanol–water partition coefficient (Wildman–Crippen LogP) is 15.4. The van der Waals surface area contributed by atoms with Gasteiger partial charge in [-0.25, -0.2) is 0 Å². The molecule has 10 aromatic carbocycles. The van der Waals surface area contributed by atoms with E-state index < -0.39 is 0 Å². The van der Waals surface area contributed by atoms with Crippen molar-refractivity contribution < 1.29 is 4.74 Å². The summed E-state index contributed by atoms with van der Waals surface area (Å²) in [4.78, 5) is 2.40. The molecule has 0 saturated heterocycles. The van der Waals surface area contributed by atoms with Crippen LogP contribution in [0.4, 0.5) is 17.1 Å². The van der Waals surface area contributed by atoms with Gasteiger partial charge in [0.1, 0.15) is 11.5 Å². The van der Waals surface area contributed by atoms with E-state index in [1.165, 1.54) is 60.3 Å². The van der Waals surface area contributed by atoms with Crippen molar-refractivity contribution in [1.29, 1.82) is 0 Å². The molecular formula is C54H35NO. The van der Waals surface area contributed by atoms with Gasteiger partial charge in [-0.1, -0.05) is 164 Å². The maximum absolute atomic E-state index is 6.59. The second kappa shape index (κ2) is 13.2. The molecule has 2 heteroatoms. The van der Waals surface area contributed by atoms with E-state index in [1.54, 1.807) is 0 Å². The number of anilines is 3. The summed E-state index contributed by atoms with van der Waals surface area (Å²) in [7, 11) is 0. The molecule has 2 nitrogen and oxygen atoms in total. The third-order valence-electron chi connectivity index (χ3n) is 11.3. The normalized spacial score (nSPS) is 11.7. The van der Waals surface area contributed by atoms with E-state index in [4.69, 9.17) is 4.74 Å². The zero-order valence-corrected chi connectivity index (χ0v) is 30.6. The minimum absolute atomic E-state index is 0.863. The van der Waals surface area contributed by atoms with Crippen LogP contribution in [0.2, 0.25) is 0 Å². The molecule has 56 heavy (non-hydrogen) atoms. The van der Waals surface area contributed by atoms with Gasteiger partial charge in [0, 0.05) is 33.5 Å². The van der Waals surface area contributed by atoms with Gasteiger partial charge in [-0.15, -0.1) is 0 Å². The van der Waals surface area contributed by atoms with Crippen molar-refractivity contribution in [3.63, 3.8) is 0 Å². The molecule has 0 N–H and O–H groups in total. The first-order chi connectivity index (χ1) is 27.8. The Labute approximate surface area is 326 Å². The molecule has 0 amide bonds. The summed E-state index contributed by atoms with van der Waals surface area (Å²) in [6, 6.07) is 76.4. The first-order valence-corrected chi connectivity index (χ1v) is 19.2. The van der Waals surface area contributed by atoms with Gasteiger partial charge in [0.2, 0.25) is 0 Å². The van der Waals surface area contributed by atoms with Gasteiger partial charge in [0.15, 0.2) is 0 Å². The summed E-state index contributed by atoms with van der Waals surface area (Å²) < 4.78 is 6.59. The van der Waals surface area contributed by atoms with Gasteiger partial charge in [-0.2, -0.15) is 0 Å². The summed E-state index contributed by atoms with van der Waals surface area (Å²) in [6.07, 6.45) is 0. The summed E-state index contributed by atoms with van der Waals surface area (Å²) >= 11 is 0. The molecule has 0 fully saturated rings. The number of hydrogen-bond donors (Lipinski definition) is 0. The molecule has 262 valence electrons. The largest absolute Gasteiger partial charge is 0.456 e. The van der Waals surface area contributed by atoms with Crippen LogP contribution in [0, 0.1) is 0 Å². The van der Waals surface area contributed by atoms with Crippen molar-refractivity contribution in [2.45, 2.75) is 0 Å². The van der Waals surface area contributed by atoms with Crippen LogP contribution in [0.5, 0.6) is 11.5 Å². The molecular weight excluding hydrogens is 679 g/mol. The minimum atomic E-state index is 0.863. The number of nitrogens with zero attached hydrogens (tertiary/aromatic N) is 1. The fourth-order valence-corrected chi connectivity index (χ4v) is 8.65. The summed E-state index contributed by atoms with van der Waals surface area (Å²) in [5, 5.41) is 7.40. The van der Waals surface area contributed by atoms with Crippen LogP contribution in [0.1, 0.15) is 0 Å². The fraction of sp³-hybridized carbons (Fsp3) is 0. The van der Waals surface area contributed by atoms with Crippen LogP contribution in [-0.2, 0) is 0 Å². The summed E-state index contributed by atoms with van der Waals surface area (Å²) in [6.45, 7) is 0.